The number of nitrogens with zero attached hydrogens (tertiary/aromatic N) is 3. The number of rotatable bonds is 3. The SMILES string of the molecule is CC(C)Cn1cnnc1-c1cccc(Br)c1N. The molecule has 0 unspecified atom stereocenters. The number of halogens is 1. The first-order valence-corrected chi connectivity index (χ1v) is 6.31. The predicted octanol–water partition coefficient (Wildman–Crippen LogP) is 2.95. The molecule has 2 rings (SSSR count). The molecule has 0 fully saturated rings. The minimum atomic E-state index is 0.540. The van der Waals surface area contributed by atoms with E-state index >= 15 is 0 Å². The van der Waals surface area contributed by atoms with Gasteiger partial charge in [-0.3, -0.25) is 0 Å². The maximum Gasteiger partial charge on any atom is 0.165 e. The highest BCUT2D eigenvalue weighted by molar-refractivity contribution is 9.10. The second kappa shape index (κ2) is 4.87. The lowest BCUT2D eigenvalue weighted by atomic mass is 10.1. The Morgan fingerprint density at radius 2 is 2.18 bits per heavy atom. The van der Waals surface area contributed by atoms with E-state index < -0.39 is 0 Å². The van der Waals surface area contributed by atoms with Gasteiger partial charge in [0, 0.05) is 16.6 Å². The molecule has 1 aromatic heterocycles. The third-order valence-electron chi connectivity index (χ3n) is 2.47. The summed E-state index contributed by atoms with van der Waals surface area (Å²) in [6.45, 7) is 5.20. The van der Waals surface area contributed by atoms with Gasteiger partial charge in [-0.15, -0.1) is 10.2 Å². The van der Waals surface area contributed by atoms with Crippen molar-refractivity contribution in [3.63, 3.8) is 0 Å². The molecule has 0 aliphatic rings. The Bertz CT molecular complexity index is 519. The Kier molecular flexibility index (Phi) is 3.47. The van der Waals surface area contributed by atoms with Gasteiger partial charge in [-0.25, -0.2) is 0 Å². The van der Waals surface area contributed by atoms with Crippen molar-refractivity contribution in [2.75, 3.05) is 5.73 Å². The first kappa shape index (κ1) is 12.1. The van der Waals surface area contributed by atoms with Gasteiger partial charge in [0.2, 0.25) is 0 Å². The molecular weight excluding hydrogens is 280 g/mol. The quantitative estimate of drug-likeness (QED) is 0.886. The average molecular weight is 295 g/mol. The van der Waals surface area contributed by atoms with Crippen molar-refractivity contribution in [3.8, 4) is 11.4 Å². The zero-order valence-corrected chi connectivity index (χ0v) is 11.5. The third kappa shape index (κ3) is 2.49. The van der Waals surface area contributed by atoms with E-state index in [1.807, 2.05) is 22.8 Å². The lowest BCUT2D eigenvalue weighted by Crippen LogP contribution is -2.06. The van der Waals surface area contributed by atoms with Crippen LogP contribution in [-0.2, 0) is 6.54 Å². The minimum Gasteiger partial charge on any atom is -0.397 e. The summed E-state index contributed by atoms with van der Waals surface area (Å²) in [7, 11) is 0. The van der Waals surface area contributed by atoms with Crippen LogP contribution in [0.1, 0.15) is 13.8 Å². The molecule has 0 saturated carbocycles. The topological polar surface area (TPSA) is 56.7 Å². The van der Waals surface area contributed by atoms with Gasteiger partial charge in [-0.1, -0.05) is 19.9 Å². The molecule has 17 heavy (non-hydrogen) atoms. The van der Waals surface area contributed by atoms with Gasteiger partial charge in [0.1, 0.15) is 6.33 Å². The van der Waals surface area contributed by atoms with Crippen LogP contribution in [0.15, 0.2) is 29.0 Å². The second-order valence-electron chi connectivity index (χ2n) is 4.40. The van der Waals surface area contributed by atoms with Crippen LogP contribution >= 0.6 is 15.9 Å². The van der Waals surface area contributed by atoms with Crippen LogP contribution in [-0.4, -0.2) is 14.8 Å². The van der Waals surface area contributed by atoms with Gasteiger partial charge in [-0.2, -0.15) is 0 Å². The molecule has 0 atom stereocenters. The summed E-state index contributed by atoms with van der Waals surface area (Å²) in [6.07, 6.45) is 1.75. The third-order valence-corrected chi connectivity index (χ3v) is 3.16. The summed E-state index contributed by atoms with van der Waals surface area (Å²) < 4.78 is 2.91. The van der Waals surface area contributed by atoms with Crippen LogP contribution in [0.25, 0.3) is 11.4 Å². The molecule has 2 aromatic rings. The molecule has 1 heterocycles. The summed E-state index contributed by atoms with van der Waals surface area (Å²) in [6, 6.07) is 5.83. The second-order valence-corrected chi connectivity index (χ2v) is 5.26. The normalized spacial score (nSPS) is 11.1. The van der Waals surface area contributed by atoms with Gasteiger partial charge in [0.25, 0.3) is 0 Å². The summed E-state index contributed by atoms with van der Waals surface area (Å²) in [5.41, 5.74) is 7.66. The number of nitrogen functional groups attached to an aromatic ring is 1. The van der Waals surface area contributed by atoms with Gasteiger partial charge in [0.05, 0.1) is 5.69 Å². The molecule has 0 amide bonds. The van der Waals surface area contributed by atoms with Crippen LogP contribution in [0.3, 0.4) is 0 Å². The Labute approximate surface area is 109 Å². The van der Waals surface area contributed by atoms with Gasteiger partial charge in [-0.05, 0) is 34.0 Å². The van der Waals surface area contributed by atoms with E-state index in [-0.39, 0.29) is 0 Å². The molecule has 0 aliphatic heterocycles. The zero-order chi connectivity index (χ0) is 12.4. The molecule has 0 aliphatic carbocycles. The molecule has 5 heteroatoms. The van der Waals surface area contributed by atoms with E-state index in [9.17, 15) is 0 Å². The van der Waals surface area contributed by atoms with Gasteiger partial charge < -0.3 is 10.3 Å². The molecule has 0 saturated heterocycles. The number of aromatic nitrogens is 3. The van der Waals surface area contributed by atoms with Crippen molar-refractivity contribution < 1.29 is 0 Å². The van der Waals surface area contributed by atoms with Crippen molar-refractivity contribution in [2.45, 2.75) is 20.4 Å². The van der Waals surface area contributed by atoms with Crippen molar-refractivity contribution >= 4 is 21.6 Å². The first-order valence-electron chi connectivity index (χ1n) is 5.51. The molecule has 4 nitrogen and oxygen atoms in total. The van der Waals surface area contributed by atoms with Gasteiger partial charge >= 0.3 is 0 Å². The molecule has 1 aromatic carbocycles. The van der Waals surface area contributed by atoms with Crippen LogP contribution in [0.4, 0.5) is 5.69 Å². The molecule has 2 N–H and O–H groups in total. The number of benzene rings is 1. The Morgan fingerprint density at radius 1 is 1.41 bits per heavy atom. The highest BCUT2D eigenvalue weighted by atomic mass is 79.9. The largest absolute Gasteiger partial charge is 0.397 e. The molecule has 90 valence electrons. The smallest absolute Gasteiger partial charge is 0.165 e. The number of anilines is 1. The average Bonchev–Trinajstić information content (AvgIpc) is 2.69. The van der Waals surface area contributed by atoms with Crippen molar-refractivity contribution in [1.82, 2.24) is 14.8 Å². The Morgan fingerprint density at radius 3 is 2.88 bits per heavy atom. The van der Waals surface area contributed by atoms with E-state index in [4.69, 9.17) is 5.73 Å². The molecule has 0 spiro atoms. The number of para-hydroxylation sites is 1. The van der Waals surface area contributed by atoms with E-state index in [1.165, 1.54) is 0 Å². The van der Waals surface area contributed by atoms with Crippen LogP contribution in [0.5, 0.6) is 0 Å². The van der Waals surface area contributed by atoms with Gasteiger partial charge in [0.15, 0.2) is 5.82 Å². The van der Waals surface area contributed by atoms with Crippen LogP contribution in [0.2, 0.25) is 0 Å². The predicted molar refractivity (Wildman–Crippen MR) is 72.4 cm³/mol. The van der Waals surface area contributed by atoms with Crippen molar-refractivity contribution in [2.24, 2.45) is 5.92 Å². The first-order chi connectivity index (χ1) is 8.09. The Hall–Kier alpha value is -1.36. The van der Waals surface area contributed by atoms with Crippen molar-refractivity contribution in [3.05, 3.63) is 29.0 Å². The number of hydrogen-bond acceptors (Lipinski definition) is 3. The highest BCUT2D eigenvalue weighted by Crippen LogP contribution is 2.30. The standard InChI is InChI=1S/C12H15BrN4/c1-8(2)6-17-7-15-16-12(17)9-4-3-5-10(13)11(9)14/h3-5,7-8H,6,14H2,1-2H3. The molecular formula is C12H15BrN4. The van der Waals surface area contributed by atoms with E-state index in [0.29, 0.717) is 11.6 Å². The fraction of sp³-hybridized carbons (Fsp3) is 0.333. The molecule has 0 bridgehead atoms. The maximum atomic E-state index is 6.05. The van der Waals surface area contributed by atoms with E-state index in [2.05, 4.69) is 40.0 Å². The maximum absolute atomic E-state index is 6.05. The monoisotopic (exact) mass is 294 g/mol. The fourth-order valence-corrected chi connectivity index (χ4v) is 2.09. The molecule has 0 radical (unpaired) electrons. The number of nitrogens with two attached hydrogens (primary N) is 1. The lowest BCUT2D eigenvalue weighted by molar-refractivity contribution is 0.525. The van der Waals surface area contributed by atoms with E-state index in [0.717, 1.165) is 22.4 Å². The van der Waals surface area contributed by atoms with Crippen LogP contribution in [0, 0.1) is 5.92 Å². The van der Waals surface area contributed by atoms with Crippen molar-refractivity contribution in [1.29, 1.82) is 0 Å². The minimum absolute atomic E-state index is 0.540. The zero-order valence-electron chi connectivity index (χ0n) is 9.89. The summed E-state index contributed by atoms with van der Waals surface area (Å²) in [5, 5.41) is 8.12. The summed E-state index contributed by atoms with van der Waals surface area (Å²) in [5.74, 6) is 1.36. The highest BCUT2D eigenvalue weighted by Gasteiger charge is 2.12. The van der Waals surface area contributed by atoms with E-state index in [1.54, 1.807) is 6.33 Å². The van der Waals surface area contributed by atoms with Crippen LogP contribution < -0.4 is 5.73 Å². The Balaban J connectivity index is 2.46. The summed E-state index contributed by atoms with van der Waals surface area (Å²) >= 11 is 3.42. The lowest BCUT2D eigenvalue weighted by Gasteiger charge is -2.11. The fourth-order valence-electron chi connectivity index (χ4n) is 1.72. The summed E-state index contributed by atoms with van der Waals surface area (Å²) in [4.78, 5) is 0. The number of hydrogen-bond donors (Lipinski definition) is 1.